The van der Waals surface area contributed by atoms with Crippen LogP contribution in [0.5, 0.6) is 11.5 Å². The molecule has 20 heavy (non-hydrogen) atoms. The van der Waals surface area contributed by atoms with E-state index >= 15 is 0 Å². The molecule has 2 aromatic rings. The lowest BCUT2D eigenvalue weighted by atomic mass is 10.2. The third-order valence-corrected chi connectivity index (χ3v) is 2.88. The predicted octanol–water partition coefficient (Wildman–Crippen LogP) is 2.48. The molecule has 1 aromatic carbocycles. The number of hydrogen-bond donors (Lipinski definition) is 0. The normalized spacial score (nSPS) is 10.3. The number of nitrogens with zero attached hydrogens (tertiary/aromatic N) is 2. The molecule has 0 saturated carbocycles. The van der Waals surface area contributed by atoms with Gasteiger partial charge in [0.1, 0.15) is 6.29 Å². The summed E-state index contributed by atoms with van der Waals surface area (Å²) in [6.45, 7) is 3.39. The van der Waals surface area contributed by atoms with E-state index in [1.165, 1.54) is 0 Å². The van der Waals surface area contributed by atoms with E-state index in [1.807, 2.05) is 24.0 Å². The van der Waals surface area contributed by atoms with E-state index in [0.717, 1.165) is 24.8 Å². The molecule has 1 aromatic heterocycles. The Morgan fingerprint density at radius 3 is 2.85 bits per heavy atom. The highest BCUT2D eigenvalue weighted by atomic mass is 16.5. The maximum absolute atomic E-state index is 10.7. The van der Waals surface area contributed by atoms with E-state index in [4.69, 9.17) is 9.47 Å². The number of aromatic nitrogens is 2. The molecule has 0 aliphatic carbocycles. The molecule has 2 rings (SSSR count). The molecule has 0 aliphatic rings. The van der Waals surface area contributed by atoms with Crippen LogP contribution in [0.25, 0.3) is 0 Å². The number of carbonyl (C=O) groups excluding carboxylic acids is 1. The first-order valence-corrected chi connectivity index (χ1v) is 6.48. The minimum Gasteiger partial charge on any atom is -0.493 e. The molecule has 0 amide bonds. The van der Waals surface area contributed by atoms with Crippen molar-refractivity contribution in [1.82, 2.24) is 9.78 Å². The maximum atomic E-state index is 10.7. The average Bonchev–Trinajstić information content (AvgIpc) is 2.89. The van der Waals surface area contributed by atoms with E-state index < -0.39 is 0 Å². The number of aryl methyl sites for hydroxylation is 2. The topological polar surface area (TPSA) is 53.4 Å². The summed E-state index contributed by atoms with van der Waals surface area (Å²) in [5.74, 6) is 1.22. The number of hydrogen-bond acceptors (Lipinski definition) is 4. The molecule has 1 heterocycles. The number of ether oxygens (including phenoxy) is 2. The summed E-state index contributed by atoms with van der Waals surface area (Å²) >= 11 is 0. The fourth-order valence-corrected chi connectivity index (χ4v) is 1.87. The predicted molar refractivity (Wildman–Crippen MR) is 75.5 cm³/mol. The Bertz CT molecular complexity index is 578. The second-order valence-electron chi connectivity index (χ2n) is 4.51. The monoisotopic (exact) mass is 274 g/mol. The Hall–Kier alpha value is -2.30. The summed E-state index contributed by atoms with van der Waals surface area (Å²) in [7, 11) is 1.56. The van der Waals surface area contributed by atoms with Crippen LogP contribution in [-0.4, -0.2) is 29.8 Å². The highest BCUT2D eigenvalue weighted by molar-refractivity contribution is 5.76. The number of rotatable bonds is 7. The number of benzene rings is 1. The van der Waals surface area contributed by atoms with Crippen molar-refractivity contribution in [2.24, 2.45) is 0 Å². The Morgan fingerprint density at radius 2 is 2.20 bits per heavy atom. The van der Waals surface area contributed by atoms with Crippen molar-refractivity contribution in [2.75, 3.05) is 13.7 Å². The Morgan fingerprint density at radius 1 is 1.35 bits per heavy atom. The van der Waals surface area contributed by atoms with Gasteiger partial charge in [-0.25, -0.2) is 0 Å². The van der Waals surface area contributed by atoms with Gasteiger partial charge < -0.3 is 9.47 Å². The molecule has 5 heteroatoms. The lowest BCUT2D eigenvalue weighted by molar-refractivity contribution is 0.112. The quantitative estimate of drug-likeness (QED) is 0.575. The average molecular weight is 274 g/mol. The number of methoxy groups -OCH3 is 1. The Balaban J connectivity index is 1.86. The van der Waals surface area contributed by atoms with Crippen LogP contribution in [0.4, 0.5) is 0 Å². The van der Waals surface area contributed by atoms with Gasteiger partial charge in [0.05, 0.1) is 19.9 Å². The van der Waals surface area contributed by atoms with Crippen LogP contribution in [0.2, 0.25) is 0 Å². The zero-order valence-electron chi connectivity index (χ0n) is 11.7. The minimum atomic E-state index is 0.565. The van der Waals surface area contributed by atoms with Crippen molar-refractivity contribution >= 4 is 6.29 Å². The lowest BCUT2D eigenvalue weighted by Gasteiger charge is -2.11. The number of aldehydes is 1. The van der Waals surface area contributed by atoms with Gasteiger partial charge in [0.15, 0.2) is 11.5 Å². The largest absolute Gasteiger partial charge is 0.493 e. The van der Waals surface area contributed by atoms with E-state index in [0.29, 0.717) is 23.7 Å². The van der Waals surface area contributed by atoms with Crippen LogP contribution in [0, 0.1) is 6.92 Å². The SMILES string of the molecule is COc1cc(C=O)ccc1OCCCn1cc(C)cn1. The maximum Gasteiger partial charge on any atom is 0.161 e. The van der Waals surface area contributed by atoms with Crippen LogP contribution >= 0.6 is 0 Å². The summed E-state index contributed by atoms with van der Waals surface area (Å²) in [5, 5.41) is 4.21. The first-order chi connectivity index (χ1) is 9.72. The fraction of sp³-hybridized carbons (Fsp3) is 0.333. The van der Waals surface area contributed by atoms with E-state index in [1.54, 1.807) is 25.3 Å². The van der Waals surface area contributed by atoms with Gasteiger partial charge in [-0.05, 0) is 30.7 Å². The van der Waals surface area contributed by atoms with Gasteiger partial charge in [0.2, 0.25) is 0 Å². The molecule has 0 bridgehead atoms. The van der Waals surface area contributed by atoms with Crippen LogP contribution in [-0.2, 0) is 6.54 Å². The third-order valence-electron chi connectivity index (χ3n) is 2.88. The van der Waals surface area contributed by atoms with Gasteiger partial charge in [-0.2, -0.15) is 5.10 Å². The summed E-state index contributed by atoms with van der Waals surface area (Å²) in [6.07, 6.45) is 5.47. The Labute approximate surface area is 118 Å². The molecule has 0 unspecified atom stereocenters. The number of carbonyl (C=O) groups is 1. The van der Waals surface area contributed by atoms with Gasteiger partial charge in [0.25, 0.3) is 0 Å². The molecule has 0 atom stereocenters. The van der Waals surface area contributed by atoms with Gasteiger partial charge in [-0.3, -0.25) is 9.48 Å². The zero-order valence-corrected chi connectivity index (χ0v) is 11.7. The molecule has 0 aliphatic heterocycles. The summed E-state index contributed by atoms with van der Waals surface area (Å²) in [4.78, 5) is 10.7. The van der Waals surface area contributed by atoms with Crippen LogP contribution in [0.15, 0.2) is 30.6 Å². The molecule has 0 fully saturated rings. The molecule has 0 N–H and O–H groups in total. The molecule has 0 spiro atoms. The van der Waals surface area contributed by atoms with Gasteiger partial charge >= 0.3 is 0 Å². The first kappa shape index (κ1) is 14.1. The summed E-state index contributed by atoms with van der Waals surface area (Å²) < 4.78 is 12.8. The smallest absolute Gasteiger partial charge is 0.161 e. The molecule has 0 saturated heterocycles. The molecule has 5 nitrogen and oxygen atoms in total. The van der Waals surface area contributed by atoms with E-state index in [-0.39, 0.29) is 0 Å². The first-order valence-electron chi connectivity index (χ1n) is 6.48. The van der Waals surface area contributed by atoms with Crippen molar-refractivity contribution in [1.29, 1.82) is 0 Å². The molecular weight excluding hydrogens is 256 g/mol. The van der Waals surface area contributed by atoms with Gasteiger partial charge in [0, 0.05) is 24.7 Å². The van der Waals surface area contributed by atoms with Crippen molar-refractivity contribution < 1.29 is 14.3 Å². The highest BCUT2D eigenvalue weighted by Gasteiger charge is 2.05. The molecule has 0 radical (unpaired) electrons. The molecule has 106 valence electrons. The van der Waals surface area contributed by atoms with Crippen LogP contribution in [0.1, 0.15) is 22.3 Å². The fourth-order valence-electron chi connectivity index (χ4n) is 1.87. The second kappa shape index (κ2) is 6.75. The summed E-state index contributed by atoms with van der Waals surface area (Å²) in [5.41, 5.74) is 1.72. The molecular formula is C15H18N2O3. The van der Waals surface area contributed by atoms with Gasteiger partial charge in [-0.15, -0.1) is 0 Å². The van der Waals surface area contributed by atoms with Crippen LogP contribution in [0.3, 0.4) is 0 Å². The summed E-state index contributed by atoms with van der Waals surface area (Å²) in [6, 6.07) is 5.13. The zero-order chi connectivity index (χ0) is 14.4. The Kier molecular flexibility index (Phi) is 4.76. The third kappa shape index (κ3) is 3.60. The van der Waals surface area contributed by atoms with E-state index in [2.05, 4.69) is 5.10 Å². The second-order valence-corrected chi connectivity index (χ2v) is 4.51. The lowest BCUT2D eigenvalue weighted by Crippen LogP contribution is -2.05. The highest BCUT2D eigenvalue weighted by Crippen LogP contribution is 2.27. The van der Waals surface area contributed by atoms with Crippen LogP contribution < -0.4 is 9.47 Å². The van der Waals surface area contributed by atoms with Crippen molar-refractivity contribution in [2.45, 2.75) is 19.9 Å². The van der Waals surface area contributed by atoms with Gasteiger partial charge in [-0.1, -0.05) is 0 Å². The van der Waals surface area contributed by atoms with Crippen molar-refractivity contribution in [3.05, 3.63) is 41.7 Å². The van der Waals surface area contributed by atoms with Crippen molar-refractivity contribution in [3.63, 3.8) is 0 Å². The van der Waals surface area contributed by atoms with Crippen molar-refractivity contribution in [3.8, 4) is 11.5 Å². The standard InChI is InChI=1S/C15H18N2O3/c1-12-9-16-17(10-12)6-3-7-20-14-5-4-13(11-18)8-15(14)19-2/h4-5,8-11H,3,6-7H2,1-2H3. The van der Waals surface area contributed by atoms with E-state index in [9.17, 15) is 4.79 Å². The minimum absolute atomic E-state index is 0.565.